The number of hydrogen-bond donors (Lipinski definition) is 1. The fraction of sp³-hybridized carbons (Fsp3) is 0.0968. The summed E-state index contributed by atoms with van der Waals surface area (Å²) < 4.78 is 24.4. The Morgan fingerprint density at radius 2 is 1.77 bits per heavy atom. The summed E-state index contributed by atoms with van der Waals surface area (Å²) in [4.78, 5) is 30.5. The molecule has 3 aromatic carbocycles. The van der Waals surface area contributed by atoms with E-state index in [0.717, 1.165) is 22.0 Å². The number of carbonyl (C=O) groups is 1. The number of ketones is 1. The first kappa shape index (κ1) is 25.0. The van der Waals surface area contributed by atoms with Crippen molar-refractivity contribution in [2.45, 2.75) is 13.3 Å². The molecule has 0 saturated heterocycles. The first-order valence-electron chi connectivity index (χ1n) is 12.6. The van der Waals surface area contributed by atoms with Crippen LogP contribution in [-0.2, 0) is 13.5 Å². The Hall–Kier alpha value is -5.31. The third-order valence-electron chi connectivity index (χ3n) is 6.95. The van der Waals surface area contributed by atoms with Gasteiger partial charge in [0.05, 0.1) is 17.4 Å². The van der Waals surface area contributed by atoms with E-state index in [1.165, 1.54) is 16.8 Å². The molecule has 6 aromatic rings. The number of aromatic amines is 1. The minimum Gasteiger partial charge on any atom is -0.454 e. The van der Waals surface area contributed by atoms with Crippen LogP contribution in [0.4, 0.5) is 4.39 Å². The van der Waals surface area contributed by atoms with Crippen LogP contribution in [0.2, 0.25) is 0 Å². The molecule has 9 heteroatoms. The van der Waals surface area contributed by atoms with Crippen molar-refractivity contribution in [2.24, 2.45) is 7.05 Å². The maximum Gasteiger partial charge on any atom is 0.282 e. The van der Waals surface area contributed by atoms with Crippen molar-refractivity contribution in [3.63, 3.8) is 0 Å². The molecule has 0 unspecified atom stereocenters. The van der Waals surface area contributed by atoms with Crippen LogP contribution >= 0.6 is 0 Å². The topological polar surface area (TPSA) is 94.8 Å². The van der Waals surface area contributed by atoms with Gasteiger partial charge in [-0.3, -0.25) is 24.4 Å². The summed E-state index contributed by atoms with van der Waals surface area (Å²) in [6, 6.07) is 20.9. The molecule has 0 atom stereocenters. The zero-order valence-corrected chi connectivity index (χ0v) is 21.8. The highest BCUT2D eigenvalue weighted by Gasteiger charge is 2.23. The molecule has 8 nitrogen and oxygen atoms in total. The van der Waals surface area contributed by atoms with Crippen LogP contribution in [0.15, 0.2) is 96.2 Å². The number of rotatable bonds is 7. The average Bonchev–Trinajstić information content (AvgIpc) is 3.51. The molecule has 0 aliphatic carbocycles. The Morgan fingerprint density at radius 3 is 2.52 bits per heavy atom. The quantitative estimate of drug-likeness (QED) is 0.263. The van der Waals surface area contributed by atoms with Crippen molar-refractivity contribution in [2.75, 3.05) is 0 Å². The molecule has 6 rings (SSSR count). The minimum atomic E-state index is -0.621. The van der Waals surface area contributed by atoms with Gasteiger partial charge < -0.3 is 4.74 Å². The Bertz CT molecular complexity index is 1920. The van der Waals surface area contributed by atoms with Gasteiger partial charge in [0.1, 0.15) is 11.3 Å². The molecule has 0 bridgehead atoms. The number of carbonyl (C=O) groups excluding carboxylic acids is 1. The third-order valence-corrected chi connectivity index (χ3v) is 6.95. The van der Waals surface area contributed by atoms with Gasteiger partial charge in [0.2, 0.25) is 0 Å². The van der Waals surface area contributed by atoms with Gasteiger partial charge in [-0.15, -0.1) is 0 Å². The van der Waals surface area contributed by atoms with E-state index in [0.29, 0.717) is 22.7 Å². The summed E-state index contributed by atoms with van der Waals surface area (Å²) in [6.45, 7) is 1.73. The zero-order valence-electron chi connectivity index (χ0n) is 21.8. The standard InChI is InChI=1S/C31H24FN5O3/c1-19-30(31(39)37(36(19)2)23-6-4-3-5-7-23)27(38)15-20-8-9-28(25(32)14-20)40-29-16-22-18-34-35-26(22)17-24(29)21-10-12-33-13-11-21/h3-14,16-18H,15H2,1-2H3,(H,34,35). The third kappa shape index (κ3) is 4.47. The summed E-state index contributed by atoms with van der Waals surface area (Å²) >= 11 is 0. The second kappa shape index (κ2) is 10.1. The van der Waals surface area contributed by atoms with Gasteiger partial charge in [-0.1, -0.05) is 24.3 Å². The normalized spacial score (nSPS) is 11.2. The number of nitrogens with zero attached hydrogens (tertiary/aromatic N) is 4. The number of hydrogen-bond acceptors (Lipinski definition) is 5. The number of H-pyrrole nitrogens is 1. The molecule has 0 amide bonds. The molecular formula is C31H24FN5O3. The van der Waals surface area contributed by atoms with Gasteiger partial charge >= 0.3 is 0 Å². The molecular weight excluding hydrogens is 509 g/mol. The molecule has 0 radical (unpaired) electrons. The van der Waals surface area contributed by atoms with Crippen LogP contribution in [-0.4, -0.2) is 30.3 Å². The largest absolute Gasteiger partial charge is 0.454 e. The predicted molar refractivity (Wildman–Crippen MR) is 150 cm³/mol. The Kier molecular flexibility index (Phi) is 6.31. The van der Waals surface area contributed by atoms with Gasteiger partial charge in [0, 0.05) is 42.5 Å². The molecule has 40 heavy (non-hydrogen) atoms. The zero-order chi connectivity index (χ0) is 27.8. The van der Waals surface area contributed by atoms with Crippen LogP contribution in [0.1, 0.15) is 21.6 Å². The first-order valence-corrected chi connectivity index (χ1v) is 12.6. The van der Waals surface area contributed by atoms with Crippen molar-refractivity contribution >= 4 is 16.7 Å². The van der Waals surface area contributed by atoms with E-state index in [-0.39, 0.29) is 23.5 Å². The number of nitrogens with one attached hydrogen (secondary N) is 1. The molecule has 3 aromatic heterocycles. The second-order valence-corrected chi connectivity index (χ2v) is 9.44. The minimum absolute atomic E-state index is 0.0108. The van der Waals surface area contributed by atoms with Crippen molar-refractivity contribution in [3.8, 4) is 28.3 Å². The van der Waals surface area contributed by atoms with E-state index in [1.807, 2.05) is 36.4 Å². The van der Waals surface area contributed by atoms with Crippen LogP contribution < -0.4 is 10.3 Å². The molecule has 0 saturated carbocycles. The molecule has 0 fully saturated rings. The number of fused-ring (bicyclic) bond motifs is 1. The summed E-state index contributed by atoms with van der Waals surface area (Å²) in [5.74, 6) is -0.545. The molecule has 0 aliphatic rings. The van der Waals surface area contributed by atoms with Gasteiger partial charge in [-0.25, -0.2) is 9.07 Å². The highest BCUT2D eigenvalue weighted by molar-refractivity contribution is 5.98. The van der Waals surface area contributed by atoms with E-state index in [1.54, 1.807) is 61.5 Å². The summed E-state index contributed by atoms with van der Waals surface area (Å²) in [7, 11) is 1.73. The molecule has 0 aliphatic heterocycles. The highest BCUT2D eigenvalue weighted by atomic mass is 19.1. The fourth-order valence-electron chi connectivity index (χ4n) is 4.83. The van der Waals surface area contributed by atoms with Gasteiger partial charge in [0.15, 0.2) is 17.3 Å². The van der Waals surface area contributed by atoms with Crippen LogP contribution in [0, 0.1) is 12.7 Å². The summed E-state index contributed by atoms with van der Waals surface area (Å²) in [5, 5.41) is 7.83. The number of ether oxygens (including phenoxy) is 1. The SMILES string of the molecule is Cc1c(C(=O)Cc2ccc(Oc3cc4cn[nH]c4cc3-c3ccncc3)c(F)c2)c(=O)n(-c2ccccc2)n1C. The maximum atomic E-state index is 15.3. The van der Waals surface area contributed by atoms with Crippen molar-refractivity contribution in [3.05, 3.63) is 124 Å². The van der Waals surface area contributed by atoms with E-state index in [9.17, 15) is 9.59 Å². The number of pyridine rings is 1. The van der Waals surface area contributed by atoms with Crippen molar-refractivity contribution in [1.82, 2.24) is 24.5 Å². The lowest BCUT2D eigenvalue weighted by molar-refractivity contribution is 0.0991. The van der Waals surface area contributed by atoms with Crippen LogP contribution in [0.5, 0.6) is 11.5 Å². The monoisotopic (exact) mass is 533 g/mol. The molecule has 198 valence electrons. The predicted octanol–water partition coefficient (Wildman–Crippen LogP) is 5.78. The van der Waals surface area contributed by atoms with Crippen molar-refractivity contribution in [1.29, 1.82) is 0 Å². The number of Topliss-reactive ketones (excluding diaryl/α,β-unsaturated/α-hetero) is 1. The maximum absolute atomic E-state index is 15.3. The van der Waals surface area contributed by atoms with Crippen LogP contribution in [0.25, 0.3) is 27.7 Å². The highest BCUT2D eigenvalue weighted by Crippen LogP contribution is 2.37. The van der Waals surface area contributed by atoms with E-state index >= 15 is 4.39 Å². The van der Waals surface area contributed by atoms with Crippen molar-refractivity contribution < 1.29 is 13.9 Å². The van der Waals surface area contributed by atoms with Gasteiger partial charge in [-0.2, -0.15) is 5.10 Å². The first-order chi connectivity index (χ1) is 19.4. The molecule has 0 spiro atoms. The lowest BCUT2D eigenvalue weighted by atomic mass is 10.0. The number of halogens is 1. The molecule has 1 N–H and O–H groups in total. The lowest BCUT2D eigenvalue weighted by Crippen LogP contribution is -2.23. The smallest absolute Gasteiger partial charge is 0.282 e. The molecule has 3 heterocycles. The summed E-state index contributed by atoms with van der Waals surface area (Å²) in [6.07, 6.45) is 4.88. The average molecular weight is 534 g/mol. The summed E-state index contributed by atoms with van der Waals surface area (Å²) in [5.41, 5.74) is 3.72. The Labute approximate surface area is 228 Å². The van der Waals surface area contributed by atoms with E-state index in [4.69, 9.17) is 4.74 Å². The fourth-order valence-corrected chi connectivity index (χ4v) is 4.83. The number of para-hydroxylation sites is 1. The Balaban J connectivity index is 1.28. The Morgan fingerprint density at radius 1 is 1.00 bits per heavy atom. The second-order valence-electron chi connectivity index (χ2n) is 9.44. The number of aromatic nitrogens is 5. The van der Waals surface area contributed by atoms with Gasteiger partial charge in [0.25, 0.3) is 5.56 Å². The number of benzene rings is 3. The van der Waals surface area contributed by atoms with Gasteiger partial charge in [-0.05, 0) is 66.6 Å². The van der Waals surface area contributed by atoms with E-state index in [2.05, 4.69) is 15.2 Å². The van der Waals surface area contributed by atoms with E-state index < -0.39 is 11.4 Å². The lowest BCUT2D eigenvalue weighted by Gasteiger charge is -2.13. The van der Waals surface area contributed by atoms with Crippen LogP contribution in [0.3, 0.4) is 0 Å².